The first-order chi connectivity index (χ1) is 16.6. The fourth-order valence-electron chi connectivity index (χ4n) is 3.64. The van der Waals surface area contributed by atoms with Crippen molar-refractivity contribution in [2.24, 2.45) is 5.73 Å². The van der Waals surface area contributed by atoms with Gasteiger partial charge in [0, 0.05) is 6.42 Å². The SMILES string of the molecule is COc1ccc(C[C@H](NC(=O)[C@@H](N)[C@H](C)O)C(=O)NC(Cc2ccccc2)C(=O)[C@@]2(C)CO2)cc1. The summed E-state index contributed by atoms with van der Waals surface area (Å²) < 4.78 is 10.5. The maximum atomic E-state index is 13.4. The second-order valence-corrected chi connectivity index (χ2v) is 9.01. The van der Waals surface area contributed by atoms with Crippen LogP contribution in [0, 0.1) is 0 Å². The van der Waals surface area contributed by atoms with Gasteiger partial charge in [-0.25, -0.2) is 0 Å². The van der Waals surface area contributed by atoms with E-state index < -0.39 is 41.6 Å². The van der Waals surface area contributed by atoms with Gasteiger partial charge in [0.05, 0.1) is 25.9 Å². The minimum atomic E-state index is -1.21. The van der Waals surface area contributed by atoms with E-state index in [-0.39, 0.29) is 18.6 Å². The Morgan fingerprint density at radius 3 is 2.09 bits per heavy atom. The number of hydrogen-bond acceptors (Lipinski definition) is 7. The maximum absolute atomic E-state index is 13.4. The summed E-state index contributed by atoms with van der Waals surface area (Å²) in [6, 6.07) is 13.3. The summed E-state index contributed by atoms with van der Waals surface area (Å²) in [5, 5.41) is 15.2. The molecule has 0 saturated carbocycles. The van der Waals surface area contributed by atoms with Gasteiger partial charge in [-0.15, -0.1) is 0 Å². The van der Waals surface area contributed by atoms with Crippen molar-refractivity contribution >= 4 is 17.6 Å². The van der Waals surface area contributed by atoms with Gasteiger partial charge in [-0.05, 0) is 43.5 Å². The average Bonchev–Trinajstić information content (AvgIpc) is 3.61. The van der Waals surface area contributed by atoms with Crippen LogP contribution in [0.3, 0.4) is 0 Å². The lowest BCUT2D eigenvalue weighted by molar-refractivity contribution is -0.133. The predicted octanol–water partition coefficient (Wildman–Crippen LogP) is 0.516. The van der Waals surface area contributed by atoms with E-state index in [1.807, 2.05) is 30.3 Å². The summed E-state index contributed by atoms with van der Waals surface area (Å²) in [6.07, 6.45) is -0.673. The van der Waals surface area contributed by atoms with Crippen molar-refractivity contribution in [3.8, 4) is 5.75 Å². The molecule has 9 heteroatoms. The number of benzene rings is 2. The van der Waals surface area contributed by atoms with Gasteiger partial charge in [-0.3, -0.25) is 14.4 Å². The van der Waals surface area contributed by atoms with Crippen LogP contribution in [0.2, 0.25) is 0 Å². The molecule has 35 heavy (non-hydrogen) atoms. The van der Waals surface area contributed by atoms with E-state index in [2.05, 4.69) is 10.6 Å². The maximum Gasteiger partial charge on any atom is 0.243 e. The van der Waals surface area contributed by atoms with Crippen LogP contribution in [-0.4, -0.2) is 66.3 Å². The first-order valence-electron chi connectivity index (χ1n) is 11.5. The molecule has 3 rings (SSSR count). The minimum absolute atomic E-state index is 0.147. The molecule has 9 nitrogen and oxygen atoms in total. The molecule has 0 bridgehead atoms. The Morgan fingerprint density at radius 2 is 1.54 bits per heavy atom. The minimum Gasteiger partial charge on any atom is -0.497 e. The first-order valence-corrected chi connectivity index (χ1v) is 11.5. The molecule has 0 aromatic heterocycles. The van der Waals surface area contributed by atoms with E-state index in [1.165, 1.54) is 6.92 Å². The number of hydrogen-bond donors (Lipinski definition) is 4. The van der Waals surface area contributed by atoms with Crippen molar-refractivity contribution in [1.82, 2.24) is 10.6 Å². The standard InChI is InChI=1S/C26H33N3O6/c1-16(30)22(27)25(33)29-21(14-18-9-11-19(34-3)12-10-18)24(32)28-20(23(31)26(2)15-35-26)13-17-7-5-4-6-8-17/h4-12,16,20-22,30H,13-15,27H2,1-3H3,(H,28,32)(H,29,33)/t16-,20?,21-,22-,26+/m0/s1. The summed E-state index contributed by atoms with van der Waals surface area (Å²) in [5.41, 5.74) is 6.48. The number of aliphatic hydroxyl groups excluding tert-OH is 1. The molecule has 2 aromatic carbocycles. The molecular weight excluding hydrogens is 450 g/mol. The fourth-order valence-corrected chi connectivity index (χ4v) is 3.64. The fraction of sp³-hybridized carbons (Fsp3) is 0.423. The average molecular weight is 484 g/mol. The van der Waals surface area contributed by atoms with Gasteiger partial charge < -0.3 is 30.9 Å². The summed E-state index contributed by atoms with van der Waals surface area (Å²) in [6.45, 7) is 3.38. The van der Waals surface area contributed by atoms with Crippen LogP contribution >= 0.6 is 0 Å². The van der Waals surface area contributed by atoms with Crippen LogP contribution in [0.4, 0.5) is 0 Å². The number of rotatable bonds is 12. The van der Waals surface area contributed by atoms with Gasteiger partial charge in [0.25, 0.3) is 0 Å². The zero-order valence-electron chi connectivity index (χ0n) is 20.2. The van der Waals surface area contributed by atoms with Crippen molar-refractivity contribution in [2.75, 3.05) is 13.7 Å². The molecule has 0 aliphatic carbocycles. The molecule has 1 aliphatic heterocycles. The smallest absolute Gasteiger partial charge is 0.243 e. The highest BCUT2D eigenvalue weighted by Crippen LogP contribution is 2.29. The molecule has 5 atom stereocenters. The van der Waals surface area contributed by atoms with Crippen molar-refractivity contribution in [3.63, 3.8) is 0 Å². The highest BCUT2D eigenvalue weighted by atomic mass is 16.6. The first kappa shape index (κ1) is 26.3. The van der Waals surface area contributed by atoms with Crippen LogP contribution in [0.15, 0.2) is 54.6 Å². The molecule has 5 N–H and O–H groups in total. The van der Waals surface area contributed by atoms with Crippen molar-refractivity contribution in [2.45, 2.75) is 56.5 Å². The molecular formula is C26H33N3O6. The Balaban J connectivity index is 1.81. The second kappa shape index (κ2) is 11.4. The number of aliphatic hydroxyl groups is 1. The highest BCUT2D eigenvalue weighted by Gasteiger charge is 2.50. The van der Waals surface area contributed by atoms with Crippen LogP contribution in [-0.2, 0) is 32.0 Å². The predicted molar refractivity (Wildman–Crippen MR) is 130 cm³/mol. The van der Waals surface area contributed by atoms with Gasteiger partial charge in [-0.2, -0.15) is 0 Å². The molecule has 2 aromatic rings. The van der Waals surface area contributed by atoms with E-state index in [0.29, 0.717) is 12.4 Å². The molecule has 1 saturated heterocycles. The Bertz CT molecular complexity index is 1020. The Kier molecular flexibility index (Phi) is 8.61. The molecule has 1 unspecified atom stereocenters. The van der Waals surface area contributed by atoms with E-state index in [9.17, 15) is 19.5 Å². The molecule has 1 aliphatic rings. The van der Waals surface area contributed by atoms with Gasteiger partial charge >= 0.3 is 0 Å². The lowest BCUT2D eigenvalue weighted by atomic mass is 9.94. The zero-order chi connectivity index (χ0) is 25.6. The normalized spacial score (nSPS) is 20.1. The third-order valence-corrected chi connectivity index (χ3v) is 6.07. The van der Waals surface area contributed by atoms with E-state index in [4.69, 9.17) is 15.2 Å². The zero-order valence-corrected chi connectivity index (χ0v) is 20.2. The van der Waals surface area contributed by atoms with Gasteiger partial charge in [0.15, 0.2) is 5.78 Å². The molecule has 0 radical (unpaired) electrons. The Hall–Kier alpha value is -3.27. The summed E-state index contributed by atoms with van der Waals surface area (Å²) >= 11 is 0. The third-order valence-electron chi connectivity index (χ3n) is 6.07. The molecule has 1 heterocycles. The topological polar surface area (TPSA) is 143 Å². The molecule has 1 fully saturated rings. The Morgan fingerprint density at radius 1 is 1.00 bits per heavy atom. The monoisotopic (exact) mass is 483 g/mol. The molecule has 0 spiro atoms. The number of carbonyl (C=O) groups is 3. The Labute approximate surface area is 205 Å². The highest BCUT2D eigenvalue weighted by molar-refractivity contribution is 5.98. The van der Waals surface area contributed by atoms with Crippen molar-refractivity contribution in [3.05, 3.63) is 65.7 Å². The summed E-state index contributed by atoms with van der Waals surface area (Å²) in [5.74, 6) is -0.784. The lowest BCUT2D eigenvalue weighted by Crippen LogP contribution is -2.58. The van der Waals surface area contributed by atoms with Crippen LogP contribution in [0.5, 0.6) is 5.75 Å². The van der Waals surface area contributed by atoms with Gasteiger partial charge in [0.1, 0.15) is 23.4 Å². The van der Waals surface area contributed by atoms with Gasteiger partial charge in [0.2, 0.25) is 11.8 Å². The summed E-state index contributed by atoms with van der Waals surface area (Å²) in [7, 11) is 1.55. The van der Waals surface area contributed by atoms with Crippen LogP contribution in [0.1, 0.15) is 25.0 Å². The number of amides is 2. The number of nitrogens with two attached hydrogens (primary N) is 1. The number of epoxide rings is 1. The number of nitrogens with one attached hydrogen (secondary N) is 2. The van der Waals surface area contributed by atoms with E-state index >= 15 is 0 Å². The van der Waals surface area contributed by atoms with Gasteiger partial charge in [-0.1, -0.05) is 42.5 Å². The largest absolute Gasteiger partial charge is 0.497 e. The molecule has 188 valence electrons. The molecule has 2 amide bonds. The van der Waals surface area contributed by atoms with Crippen LogP contribution in [0.25, 0.3) is 0 Å². The number of methoxy groups -OCH3 is 1. The van der Waals surface area contributed by atoms with E-state index in [1.54, 1.807) is 38.3 Å². The third kappa shape index (κ3) is 7.11. The summed E-state index contributed by atoms with van der Waals surface area (Å²) in [4.78, 5) is 39.1. The number of ether oxygens (including phenoxy) is 2. The van der Waals surface area contributed by atoms with Crippen molar-refractivity contribution in [1.29, 1.82) is 0 Å². The number of Topliss-reactive ketones (excluding diaryl/α,β-unsaturated/α-hetero) is 1. The lowest BCUT2D eigenvalue weighted by Gasteiger charge is -2.25. The number of ketones is 1. The van der Waals surface area contributed by atoms with Crippen molar-refractivity contribution < 1.29 is 29.0 Å². The second-order valence-electron chi connectivity index (χ2n) is 9.01. The van der Waals surface area contributed by atoms with E-state index in [0.717, 1.165) is 11.1 Å². The quantitative estimate of drug-likeness (QED) is 0.322. The number of carbonyl (C=O) groups excluding carboxylic acids is 3. The van der Waals surface area contributed by atoms with Crippen LogP contribution < -0.4 is 21.1 Å².